The smallest absolute Gasteiger partial charge is 0.0798 e. The van der Waals surface area contributed by atoms with E-state index in [1.807, 2.05) is 12.1 Å². The molecule has 0 aliphatic heterocycles. The predicted molar refractivity (Wildman–Crippen MR) is 94.3 cm³/mol. The van der Waals surface area contributed by atoms with Crippen molar-refractivity contribution < 1.29 is 5.11 Å². The maximum Gasteiger partial charge on any atom is 0.0798 e. The van der Waals surface area contributed by atoms with Gasteiger partial charge in [0.2, 0.25) is 0 Å². The maximum atomic E-state index is 10.4. The lowest BCUT2D eigenvalue weighted by atomic mass is 9.78. The van der Waals surface area contributed by atoms with Gasteiger partial charge in [-0.2, -0.15) is 0 Å². The van der Waals surface area contributed by atoms with Gasteiger partial charge in [0, 0.05) is 0 Å². The van der Waals surface area contributed by atoms with Crippen molar-refractivity contribution in [3.63, 3.8) is 0 Å². The summed E-state index contributed by atoms with van der Waals surface area (Å²) in [7, 11) is 0. The van der Waals surface area contributed by atoms with Crippen molar-refractivity contribution in [3.8, 4) is 11.1 Å². The average Bonchev–Trinajstić information content (AvgIpc) is 2.63. The Morgan fingerprint density at radius 2 is 1.35 bits per heavy atom. The molecule has 0 saturated heterocycles. The van der Waals surface area contributed by atoms with E-state index in [-0.39, 0.29) is 6.10 Å². The number of rotatable bonds is 2. The highest BCUT2D eigenvalue weighted by Crippen LogP contribution is 2.38. The lowest BCUT2D eigenvalue weighted by molar-refractivity contribution is 0.147. The molecule has 1 aliphatic rings. The van der Waals surface area contributed by atoms with Gasteiger partial charge in [-0.05, 0) is 46.6 Å². The number of benzene rings is 3. The lowest BCUT2D eigenvalue weighted by Gasteiger charge is -2.29. The van der Waals surface area contributed by atoms with Gasteiger partial charge in [-0.3, -0.25) is 0 Å². The zero-order chi connectivity index (χ0) is 15.6. The Morgan fingerprint density at radius 1 is 0.696 bits per heavy atom. The molecule has 0 spiro atoms. The molecule has 1 nitrogen and oxygen atoms in total. The monoisotopic (exact) mass is 300 g/mol. The molecule has 23 heavy (non-hydrogen) atoms. The summed E-state index contributed by atoms with van der Waals surface area (Å²) in [5.74, 6) is 0.393. The number of hydrogen-bond acceptors (Lipinski definition) is 1. The Balaban J connectivity index is 1.60. The van der Waals surface area contributed by atoms with Gasteiger partial charge in [0.05, 0.1) is 6.10 Å². The fourth-order valence-corrected chi connectivity index (χ4v) is 3.62. The van der Waals surface area contributed by atoms with Crippen LogP contribution >= 0.6 is 0 Å². The number of hydrogen-bond donors (Lipinski definition) is 1. The molecule has 2 atom stereocenters. The Morgan fingerprint density at radius 3 is 2.13 bits per heavy atom. The first-order valence-corrected chi connectivity index (χ1v) is 8.22. The third-order valence-corrected chi connectivity index (χ3v) is 4.88. The topological polar surface area (TPSA) is 20.2 Å². The molecule has 3 aromatic rings. The van der Waals surface area contributed by atoms with Crippen molar-refractivity contribution in [2.45, 2.75) is 24.9 Å². The van der Waals surface area contributed by atoms with Crippen molar-refractivity contribution in [2.75, 3.05) is 0 Å². The van der Waals surface area contributed by atoms with Crippen LogP contribution < -0.4 is 0 Å². The van der Waals surface area contributed by atoms with Crippen LogP contribution in [0.1, 0.15) is 35.1 Å². The average molecular weight is 300 g/mol. The second-order valence-corrected chi connectivity index (χ2v) is 6.34. The fraction of sp³-hybridized carbons (Fsp3) is 0.182. The molecular formula is C22H20O. The minimum Gasteiger partial charge on any atom is -0.388 e. The van der Waals surface area contributed by atoms with E-state index in [4.69, 9.17) is 0 Å². The van der Waals surface area contributed by atoms with Crippen LogP contribution in [0.2, 0.25) is 0 Å². The van der Waals surface area contributed by atoms with Crippen LogP contribution in [-0.4, -0.2) is 5.11 Å². The van der Waals surface area contributed by atoms with Gasteiger partial charge in [-0.15, -0.1) is 0 Å². The van der Waals surface area contributed by atoms with Gasteiger partial charge in [-0.25, -0.2) is 0 Å². The van der Waals surface area contributed by atoms with E-state index in [1.54, 1.807) is 0 Å². The van der Waals surface area contributed by atoms with Gasteiger partial charge >= 0.3 is 0 Å². The Labute approximate surface area is 137 Å². The molecule has 1 aliphatic carbocycles. The maximum absolute atomic E-state index is 10.4. The standard InChI is InChI=1S/C22H20O/c23-22-15-20(14-19-8-4-5-9-21(19)22)18-12-10-17(11-13-18)16-6-2-1-3-7-16/h1-13,20,22-23H,14-15H2/t20-,22+/m0/s1. The third-order valence-electron chi connectivity index (χ3n) is 4.88. The zero-order valence-electron chi connectivity index (χ0n) is 13.0. The van der Waals surface area contributed by atoms with E-state index in [1.165, 1.54) is 22.3 Å². The highest BCUT2D eigenvalue weighted by molar-refractivity contribution is 5.63. The summed E-state index contributed by atoms with van der Waals surface area (Å²) in [4.78, 5) is 0. The second-order valence-electron chi connectivity index (χ2n) is 6.34. The van der Waals surface area contributed by atoms with Crippen molar-refractivity contribution in [2.24, 2.45) is 0 Å². The molecule has 4 rings (SSSR count). The van der Waals surface area contributed by atoms with Gasteiger partial charge < -0.3 is 5.11 Å². The quantitative estimate of drug-likeness (QED) is 0.696. The lowest BCUT2D eigenvalue weighted by Crippen LogP contribution is -2.17. The van der Waals surface area contributed by atoms with Gasteiger partial charge in [-0.1, -0.05) is 78.9 Å². The number of aliphatic hydroxyl groups is 1. The van der Waals surface area contributed by atoms with Crippen molar-refractivity contribution >= 4 is 0 Å². The Bertz CT molecular complexity index is 790. The summed E-state index contributed by atoms with van der Waals surface area (Å²) >= 11 is 0. The largest absolute Gasteiger partial charge is 0.388 e. The molecule has 0 saturated carbocycles. The summed E-state index contributed by atoms with van der Waals surface area (Å²) < 4.78 is 0. The van der Waals surface area contributed by atoms with Crippen LogP contribution in [0.4, 0.5) is 0 Å². The fourth-order valence-electron chi connectivity index (χ4n) is 3.62. The molecule has 0 amide bonds. The van der Waals surface area contributed by atoms with E-state index in [2.05, 4.69) is 66.7 Å². The zero-order valence-corrected chi connectivity index (χ0v) is 13.0. The van der Waals surface area contributed by atoms with Crippen LogP contribution in [0, 0.1) is 0 Å². The van der Waals surface area contributed by atoms with E-state index in [0.29, 0.717) is 5.92 Å². The molecule has 0 radical (unpaired) electrons. The minimum atomic E-state index is -0.348. The number of fused-ring (bicyclic) bond motifs is 1. The first-order valence-electron chi connectivity index (χ1n) is 8.22. The second kappa shape index (κ2) is 6.02. The molecular weight excluding hydrogens is 280 g/mol. The minimum absolute atomic E-state index is 0.348. The highest BCUT2D eigenvalue weighted by Gasteiger charge is 2.26. The van der Waals surface area contributed by atoms with E-state index in [9.17, 15) is 5.11 Å². The van der Waals surface area contributed by atoms with Crippen LogP contribution in [0.15, 0.2) is 78.9 Å². The summed E-state index contributed by atoms with van der Waals surface area (Å²) in [6.07, 6.45) is 1.47. The van der Waals surface area contributed by atoms with Crippen LogP contribution in [0.3, 0.4) is 0 Å². The summed E-state index contributed by atoms with van der Waals surface area (Å²) in [5.41, 5.74) is 6.19. The molecule has 0 heterocycles. The molecule has 0 unspecified atom stereocenters. The van der Waals surface area contributed by atoms with Crippen LogP contribution in [-0.2, 0) is 6.42 Å². The Hall–Kier alpha value is -2.38. The molecule has 3 aromatic carbocycles. The first kappa shape index (κ1) is 14.2. The molecule has 1 N–H and O–H groups in total. The van der Waals surface area contributed by atoms with Gasteiger partial charge in [0.15, 0.2) is 0 Å². The van der Waals surface area contributed by atoms with E-state index >= 15 is 0 Å². The van der Waals surface area contributed by atoms with Crippen molar-refractivity contribution in [3.05, 3.63) is 95.6 Å². The normalized spacial score (nSPS) is 20.0. The molecule has 0 fully saturated rings. The molecule has 0 bridgehead atoms. The van der Waals surface area contributed by atoms with Crippen molar-refractivity contribution in [1.82, 2.24) is 0 Å². The summed E-state index contributed by atoms with van der Waals surface area (Å²) in [5, 5.41) is 10.4. The number of aliphatic hydroxyl groups excluding tert-OH is 1. The first-order chi connectivity index (χ1) is 11.3. The highest BCUT2D eigenvalue weighted by atomic mass is 16.3. The Kier molecular flexibility index (Phi) is 3.72. The van der Waals surface area contributed by atoms with Crippen molar-refractivity contribution in [1.29, 1.82) is 0 Å². The summed E-state index contributed by atoms with van der Waals surface area (Å²) in [6, 6.07) is 27.5. The molecule has 0 aromatic heterocycles. The predicted octanol–water partition coefficient (Wildman–Crippen LogP) is 5.12. The van der Waals surface area contributed by atoms with Crippen LogP contribution in [0.5, 0.6) is 0 Å². The van der Waals surface area contributed by atoms with Gasteiger partial charge in [0.25, 0.3) is 0 Å². The molecule has 1 heteroatoms. The van der Waals surface area contributed by atoms with Gasteiger partial charge in [0.1, 0.15) is 0 Å². The summed E-state index contributed by atoms with van der Waals surface area (Å²) in [6.45, 7) is 0. The SMILES string of the molecule is O[C@@H]1C[C@@H](c2ccc(-c3ccccc3)cc2)Cc2ccccc21. The van der Waals surface area contributed by atoms with E-state index in [0.717, 1.165) is 18.4 Å². The van der Waals surface area contributed by atoms with Crippen LogP contribution in [0.25, 0.3) is 11.1 Å². The molecule has 114 valence electrons. The third kappa shape index (κ3) is 2.80. The van der Waals surface area contributed by atoms with E-state index < -0.39 is 0 Å².